The van der Waals surface area contributed by atoms with Gasteiger partial charge in [-0.15, -0.1) is 0 Å². The summed E-state index contributed by atoms with van der Waals surface area (Å²) in [7, 11) is 0. The number of carbonyl (C=O) groups excluding carboxylic acids is 1. The highest BCUT2D eigenvalue weighted by molar-refractivity contribution is 5.74. The number of ether oxygens (including phenoxy) is 1. The van der Waals surface area contributed by atoms with E-state index in [9.17, 15) is 9.18 Å². The molecule has 23 heavy (non-hydrogen) atoms. The third-order valence-corrected chi connectivity index (χ3v) is 5.01. The van der Waals surface area contributed by atoms with Crippen molar-refractivity contribution in [2.75, 3.05) is 26.2 Å². The number of amides is 1. The normalized spacial score (nSPS) is 25.0. The van der Waals surface area contributed by atoms with Crippen LogP contribution >= 0.6 is 0 Å². The number of nitrogens with zero attached hydrogens (tertiary/aromatic N) is 2. The summed E-state index contributed by atoms with van der Waals surface area (Å²) in [6.07, 6.45) is 4.53. The summed E-state index contributed by atoms with van der Waals surface area (Å²) in [6, 6.07) is 7.06. The molecule has 0 saturated carbocycles. The third kappa shape index (κ3) is 3.83. The van der Waals surface area contributed by atoms with Gasteiger partial charge in [-0.2, -0.15) is 0 Å². The molecule has 126 valence electrons. The molecule has 4 nitrogen and oxygen atoms in total. The minimum Gasteiger partial charge on any atom is -0.492 e. The Kier molecular flexibility index (Phi) is 5.16. The van der Waals surface area contributed by atoms with Crippen molar-refractivity contribution in [3.8, 4) is 5.75 Å². The second kappa shape index (κ2) is 7.30. The lowest BCUT2D eigenvalue weighted by Gasteiger charge is -2.34. The first-order valence-electron chi connectivity index (χ1n) is 8.55. The maximum atomic E-state index is 13.2. The maximum absolute atomic E-state index is 13.2. The van der Waals surface area contributed by atoms with Gasteiger partial charge in [0.2, 0.25) is 5.91 Å². The molecule has 0 aliphatic carbocycles. The molecule has 2 heterocycles. The van der Waals surface area contributed by atoms with Gasteiger partial charge in [-0.3, -0.25) is 9.69 Å². The van der Waals surface area contributed by atoms with Crippen molar-refractivity contribution in [1.82, 2.24) is 9.80 Å². The number of rotatable bonds is 5. The molecule has 0 bridgehead atoms. The van der Waals surface area contributed by atoms with E-state index < -0.39 is 0 Å². The Morgan fingerprint density at radius 2 is 2.04 bits per heavy atom. The second-order valence-corrected chi connectivity index (χ2v) is 6.47. The highest BCUT2D eigenvalue weighted by atomic mass is 19.1. The molecule has 2 atom stereocenters. The Hall–Kier alpha value is -1.62. The van der Waals surface area contributed by atoms with Crippen molar-refractivity contribution >= 4 is 5.91 Å². The lowest BCUT2D eigenvalue weighted by molar-refractivity contribution is -0.130. The van der Waals surface area contributed by atoms with Gasteiger partial charge >= 0.3 is 0 Å². The van der Waals surface area contributed by atoms with Crippen LogP contribution < -0.4 is 4.74 Å². The molecule has 3 rings (SSSR count). The minimum absolute atomic E-state index is 0.190. The standard InChI is InChI=1S/C18H25FN2O2/c1-14(22)21-10-4-8-18(21)17-7-3-9-20(17)11-12-23-16-6-2-5-15(19)13-16/h2,5-6,13,17-18H,3-4,7-12H2,1H3/t17-,18+/m1/s1. The van der Waals surface area contributed by atoms with Crippen LogP contribution in [-0.4, -0.2) is 54.0 Å². The van der Waals surface area contributed by atoms with Crippen LogP contribution in [0, 0.1) is 5.82 Å². The van der Waals surface area contributed by atoms with E-state index in [0.717, 1.165) is 38.9 Å². The zero-order valence-electron chi connectivity index (χ0n) is 13.7. The molecule has 5 heteroatoms. The molecule has 0 N–H and O–H groups in total. The highest BCUT2D eigenvalue weighted by Crippen LogP contribution is 2.29. The van der Waals surface area contributed by atoms with Gasteiger partial charge in [0, 0.05) is 38.2 Å². The van der Waals surface area contributed by atoms with E-state index in [1.165, 1.54) is 18.6 Å². The summed E-state index contributed by atoms with van der Waals surface area (Å²) in [6.45, 7) is 4.99. The van der Waals surface area contributed by atoms with Gasteiger partial charge in [-0.05, 0) is 44.4 Å². The average Bonchev–Trinajstić information content (AvgIpc) is 3.15. The maximum Gasteiger partial charge on any atom is 0.219 e. The predicted molar refractivity (Wildman–Crippen MR) is 86.9 cm³/mol. The van der Waals surface area contributed by atoms with Crippen LogP contribution in [0.5, 0.6) is 5.75 Å². The number of hydrogen-bond donors (Lipinski definition) is 0. The molecule has 2 saturated heterocycles. The van der Waals surface area contributed by atoms with E-state index in [2.05, 4.69) is 4.90 Å². The Labute approximate surface area is 137 Å². The van der Waals surface area contributed by atoms with E-state index >= 15 is 0 Å². The van der Waals surface area contributed by atoms with Crippen LogP contribution in [0.25, 0.3) is 0 Å². The largest absolute Gasteiger partial charge is 0.492 e. The van der Waals surface area contributed by atoms with Crippen molar-refractivity contribution < 1.29 is 13.9 Å². The van der Waals surface area contributed by atoms with Crippen molar-refractivity contribution in [3.05, 3.63) is 30.1 Å². The van der Waals surface area contributed by atoms with Crippen LogP contribution in [0.15, 0.2) is 24.3 Å². The molecule has 1 aromatic rings. The van der Waals surface area contributed by atoms with Gasteiger partial charge in [-0.1, -0.05) is 6.07 Å². The third-order valence-electron chi connectivity index (χ3n) is 5.01. The molecule has 0 unspecified atom stereocenters. The molecule has 0 aromatic heterocycles. The predicted octanol–water partition coefficient (Wildman–Crippen LogP) is 2.68. The molecule has 0 radical (unpaired) electrons. The average molecular weight is 320 g/mol. The number of halogens is 1. The quantitative estimate of drug-likeness (QED) is 0.836. The van der Waals surface area contributed by atoms with Crippen LogP contribution in [-0.2, 0) is 4.79 Å². The lowest BCUT2D eigenvalue weighted by Crippen LogP contribution is -2.48. The van der Waals surface area contributed by atoms with Gasteiger partial charge in [-0.25, -0.2) is 4.39 Å². The number of likely N-dealkylation sites (tertiary alicyclic amines) is 2. The van der Waals surface area contributed by atoms with Gasteiger partial charge in [0.25, 0.3) is 0 Å². The van der Waals surface area contributed by atoms with E-state index in [-0.39, 0.29) is 11.7 Å². The fourth-order valence-corrected chi connectivity index (χ4v) is 3.99. The summed E-state index contributed by atoms with van der Waals surface area (Å²) in [5.41, 5.74) is 0. The second-order valence-electron chi connectivity index (χ2n) is 6.47. The van der Waals surface area contributed by atoms with Gasteiger partial charge in [0.05, 0.1) is 0 Å². The topological polar surface area (TPSA) is 32.8 Å². The fourth-order valence-electron chi connectivity index (χ4n) is 3.99. The summed E-state index contributed by atoms with van der Waals surface area (Å²) < 4.78 is 18.8. The van der Waals surface area contributed by atoms with Crippen molar-refractivity contribution in [2.24, 2.45) is 0 Å². The van der Waals surface area contributed by atoms with Crippen molar-refractivity contribution in [1.29, 1.82) is 0 Å². The van der Waals surface area contributed by atoms with Crippen LogP contribution in [0.3, 0.4) is 0 Å². The first kappa shape index (κ1) is 16.2. The first-order chi connectivity index (χ1) is 11.1. The molecule has 1 aromatic carbocycles. The summed E-state index contributed by atoms with van der Waals surface area (Å²) in [5, 5.41) is 0. The lowest BCUT2D eigenvalue weighted by atomic mass is 10.0. The molecule has 1 amide bonds. The number of hydrogen-bond acceptors (Lipinski definition) is 3. The monoisotopic (exact) mass is 320 g/mol. The Morgan fingerprint density at radius 3 is 2.83 bits per heavy atom. The minimum atomic E-state index is -0.274. The van der Waals surface area contributed by atoms with Gasteiger partial charge in [0.15, 0.2) is 0 Å². The zero-order valence-corrected chi connectivity index (χ0v) is 13.7. The summed E-state index contributed by atoms with van der Waals surface area (Å²) in [5.74, 6) is 0.493. The summed E-state index contributed by atoms with van der Waals surface area (Å²) in [4.78, 5) is 16.3. The van der Waals surface area contributed by atoms with Crippen molar-refractivity contribution in [2.45, 2.75) is 44.7 Å². The highest BCUT2D eigenvalue weighted by Gasteiger charge is 2.38. The van der Waals surface area contributed by atoms with Gasteiger partial charge < -0.3 is 9.64 Å². The number of carbonyl (C=O) groups is 1. The van der Waals surface area contributed by atoms with Crippen LogP contribution in [0.1, 0.15) is 32.6 Å². The molecule has 2 fully saturated rings. The molecule has 2 aliphatic rings. The Bertz CT molecular complexity index is 552. The summed E-state index contributed by atoms with van der Waals surface area (Å²) >= 11 is 0. The van der Waals surface area contributed by atoms with E-state index in [1.54, 1.807) is 19.1 Å². The van der Waals surface area contributed by atoms with E-state index in [4.69, 9.17) is 4.74 Å². The zero-order chi connectivity index (χ0) is 16.2. The van der Waals surface area contributed by atoms with Crippen LogP contribution in [0.4, 0.5) is 4.39 Å². The smallest absolute Gasteiger partial charge is 0.219 e. The number of benzene rings is 1. The first-order valence-corrected chi connectivity index (χ1v) is 8.55. The van der Waals surface area contributed by atoms with E-state index in [0.29, 0.717) is 24.4 Å². The molecular formula is C18H25FN2O2. The molecular weight excluding hydrogens is 295 g/mol. The van der Waals surface area contributed by atoms with Gasteiger partial charge in [0.1, 0.15) is 18.2 Å². The molecule has 2 aliphatic heterocycles. The SMILES string of the molecule is CC(=O)N1CCC[C@H]1[C@H]1CCCN1CCOc1cccc(F)c1. The fraction of sp³-hybridized carbons (Fsp3) is 0.611. The Morgan fingerprint density at radius 1 is 1.26 bits per heavy atom. The van der Waals surface area contributed by atoms with E-state index in [1.807, 2.05) is 4.90 Å². The Balaban J connectivity index is 1.54. The molecule has 0 spiro atoms. The van der Waals surface area contributed by atoms with Crippen LogP contribution in [0.2, 0.25) is 0 Å². The van der Waals surface area contributed by atoms with Crippen molar-refractivity contribution in [3.63, 3.8) is 0 Å².